The van der Waals surface area contributed by atoms with Gasteiger partial charge in [-0.2, -0.15) is 12.7 Å². The number of anilines is 1. The van der Waals surface area contributed by atoms with E-state index in [1.807, 2.05) is 26.0 Å². The highest BCUT2D eigenvalue weighted by Gasteiger charge is 2.40. The summed E-state index contributed by atoms with van der Waals surface area (Å²) in [5.74, 6) is 1.42. The first kappa shape index (κ1) is 27.8. The van der Waals surface area contributed by atoms with Crippen molar-refractivity contribution in [2.75, 3.05) is 18.9 Å². The van der Waals surface area contributed by atoms with Crippen molar-refractivity contribution in [2.24, 2.45) is 4.99 Å². The van der Waals surface area contributed by atoms with Crippen LogP contribution >= 0.6 is 0 Å². The molecular formula is C28H37N3O6S. The van der Waals surface area contributed by atoms with Gasteiger partial charge in [0.2, 0.25) is 0 Å². The van der Waals surface area contributed by atoms with E-state index in [0.29, 0.717) is 22.2 Å². The number of aliphatic imine (C=N–C) groups is 1. The molecular weight excluding hydrogens is 506 g/mol. The summed E-state index contributed by atoms with van der Waals surface area (Å²) >= 11 is 0. The molecule has 0 fully saturated rings. The van der Waals surface area contributed by atoms with Crippen molar-refractivity contribution in [2.45, 2.75) is 78.0 Å². The Kier molecular flexibility index (Phi) is 6.71. The lowest BCUT2D eigenvalue weighted by Crippen LogP contribution is -2.40. The van der Waals surface area contributed by atoms with Crippen LogP contribution in [0.4, 0.5) is 10.5 Å². The van der Waals surface area contributed by atoms with Crippen LogP contribution in [-0.2, 0) is 27.8 Å². The van der Waals surface area contributed by atoms with Crippen LogP contribution in [0.5, 0.6) is 11.5 Å². The number of carbonyl (C=O) groups excluding carboxylic acids is 1. The first-order valence-electron chi connectivity index (χ1n) is 12.5. The van der Waals surface area contributed by atoms with Gasteiger partial charge in [-0.15, -0.1) is 0 Å². The van der Waals surface area contributed by atoms with Crippen LogP contribution in [0.1, 0.15) is 70.7 Å². The van der Waals surface area contributed by atoms with Crippen molar-refractivity contribution in [3.8, 4) is 11.5 Å². The van der Waals surface area contributed by atoms with Gasteiger partial charge in [0.25, 0.3) is 0 Å². The highest BCUT2D eigenvalue weighted by Crippen LogP contribution is 2.47. The molecule has 1 N–H and O–H groups in total. The third-order valence-corrected chi connectivity index (χ3v) is 7.66. The lowest BCUT2D eigenvalue weighted by Gasteiger charge is -2.31. The Morgan fingerprint density at radius 2 is 1.82 bits per heavy atom. The summed E-state index contributed by atoms with van der Waals surface area (Å²) in [4.78, 5) is 17.5. The van der Waals surface area contributed by atoms with Gasteiger partial charge in [0.15, 0.2) is 11.5 Å². The molecule has 9 nitrogen and oxygen atoms in total. The lowest BCUT2D eigenvalue weighted by atomic mass is 9.81. The SMILES string of the molecule is COc1cc2c(c3c1OC(C)(C)C3)C(c1cccc(NS(=O)(=O)N(C)C(=O)OC(C)(C)C)c1)=NC(C)(C)C2. The minimum atomic E-state index is -4.22. The van der Waals surface area contributed by atoms with Gasteiger partial charge >= 0.3 is 16.3 Å². The Hall–Kier alpha value is -3.27. The van der Waals surface area contributed by atoms with Crippen LogP contribution in [0.15, 0.2) is 35.3 Å². The Labute approximate surface area is 225 Å². The van der Waals surface area contributed by atoms with E-state index in [1.165, 1.54) is 0 Å². The normalized spacial score (nSPS) is 17.4. The Balaban J connectivity index is 1.75. The maximum Gasteiger partial charge on any atom is 0.425 e. The molecule has 2 heterocycles. The van der Waals surface area contributed by atoms with Gasteiger partial charge in [0, 0.05) is 30.2 Å². The zero-order valence-electron chi connectivity index (χ0n) is 23.6. The van der Waals surface area contributed by atoms with E-state index in [0.717, 1.165) is 47.2 Å². The predicted molar refractivity (Wildman–Crippen MR) is 148 cm³/mol. The van der Waals surface area contributed by atoms with Gasteiger partial charge in [0.1, 0.15) is 11.2 Å². The minimum Gasteiger partial charge on any atom is -0.493 e. The topological polar surface area (TPSA) is 107 Å². The molecule has 1 amide bonds. The monoisotopic (exact) mass is 543 g/mol. The maximum absolute atomic E-state index is 13.0. The largest absolute Gasteiger partial charge is 0.493 e. The average molecular weight is 544 g/mol. The van der Waals surface area contributed by atoms with Crippen molar-refractivity contribution in [1.29, 1.82) is 0 Å². The van der Waals surface area contributed by atoms with Gasteiger partial charge in [-0.1, -0.05) is 12.1 Å². The number of ether oxygens (including phenoxy) is 3. The van der Waals surface area contributed by atoms with Crippen molar-refractivity contribution in [3.05, 3.63) is 52.6 Å². The molecule has 0 bridgehead atoms. The van der Waals surface area contributed by atoms with Crippen LogP contribution in [0.2, 0.25) is 0 Å². The number of fused-ring (bicyclic) bond motifs is 3. The molecule has 0 saturated carbocycles. The van der Waals surface area contributed by atoms with Crippen LogP contribution < -0.4 is 14.2 Å². The molecule has 0 aliphatic carbocycles. The second-order valence-corrected chi connectivity index (χ2v) is 13.7. The summed E-state index contributed by atoms with van der Waals surface area (Å²) in [5, 5.41) is 0. The van der Waals surface area contributed by atoms with Gasteiger partial charge in [-0.25, -0.2) is 4.79 Å². The molecule has 2 aromatic rings. The molecule has 2 aliphatic heterocycles. The van der Waals surface area contributed by atoms with Crippen molar-refractivity contribution >= 4 is 27.7 Å². The van der Waals surface area contributed by atoms with E-state index in [4.69, 9.17) is 19.2 Å². The van der Waals surface area contributed by atoms with Crippen molar-refractivity contribution < 1.29 is 27.4 Å². The summed E-state index contributed by atoms with van der Waals surface area (Å²) in [7, 11) is -1.42. The second kappa shape index (κ2) is 9.18. The quantitative estimate of drug-likeness (QED) is 0.562. The van der Waals surface area contributed by atoms with E-state index in [1.54, 1.807) is 46.1 Å². The van der Waals surface area contributed by atoms with Gasteiger partial charge in [0.05, 0.1) is 24.0 Å². The molecule has 0 unspecified atom stereocenters. The first-order chi connectivity index (χ1) is 17.4. The number of nitrogens with zero attached hydrogens (tertiary/aromatic N) is 2. The van der Waals surface area contributed by atoms with Gasteiger partial charge in [-0.3, -0.25) is 9.71 Å². The zero-order valence-corrected chi connectivity index (χ0v) is 24.4. The van der Waals surface area contributed by atoms with E-state index in [-0.39, 0.29) is 5.54 Å². The van der Waals surface area contributed by atoms with Crippen molar-refractivity contribution in [1.82, 2.24) is 4.31 Å². The number of nitrogens with one attached hydrogen (secondary N) is 1. The molecule has 2 aliphatic rings. The molecule has 38 heavy (non-hydrogen) atoms. The molecule has 0 spiro atoms. The summed E-state index contributed by atoms with van der Waals surface area (Å²) in [5.41, 5.74) is 3.33. The first-order valence-corrected chi connectivity index (χ1v) is 14.0. The number of hydrogen-bond donors (Lipinski definition) is 1. The lowest BCUT2D eigenvalue weighted by molar-refractivity contribution is 0.0421. The van der Waals surface area contributed by atoms with E-state index >= 15 is 0 Å². The average Bonchev–Trinajstić information content (AvgIpc) is 3.10. The number of benzene rings is 2. The van der Waals surface area contributed by atoms with Crippen LogP contribution in [0, 0.1) is 0 Å². The summed E-state index contributed by atoms with van der Waals surface area (Å²) in [6, 6.07) is 9.03. The Morgan fingerprint density at radius 1 is 1.13 bits per heavy atom. The molecule has 0 atom stereocenters. The third-order valence-electron chi connectivity index (χ3n) is 6.30. The van der Waals surface area contributed by atoms with Crippen LogP contribution in [0.3, 0.4) is 0 Å². The number of amides is 1. The van der Waals surface area contributed by atoms with Crippen LogP contribution in [0.25, 0.3) is 0 Å². The number of rotatable bonds is 5. The molecule has 4 rings (SSSR count). The maximum atomic E-state index is 13.0. The van der Waals surface area contributed by atoms with Crippen molar-refractivity contribution in [3.63, 3.8) is 0 Å². The fourth-order valence-electron chi connectivity index (χ4n) is 4.80. The molecule has 206 valence electrons. The fourth-order valence-corrected chi connectivity index (χ4v) is 5.60. The van der Waals surface area contributed by atoms with Gasteiger partial charge in [-0.05, 0) is 78.6 Å². The summed E-state index contributed by atoms with van der Waals surface area (Å²) < 4.78 is 46.1. The number of methoxy groups -OCH3 is 1. The molecule has 2 aromatic carbocycles. The number of carbonyl (C=O) groups is 1. The Bertz CT molecular complexity index is 1420. The summed E-state index contributed by atoms with van der Waals surface area (Å²) in [6.45, 7) is 13.2. The number of hydrogen-bond acceptors (Lipinski definition) is 7. The molecule has 0 saturated heterocycles. The van der Waals surface area contributed by atoms with Gasteiger partial charge < -0.3 is 14.2 Å². The molecule has 0 radical (unpaired) electrons. The highest BCUT2D eigenvalue weighted by atomic mass is 32.2. The third kappa shape index (κ3) is 5.60. The highest BCUT2D eigenvalue weighted by molar-refractivity contribution is 7.90. The smallest absolute Gasteiger partial charge is 0.425 e. The fraction of sp³-hybridized carbons (Fsp3) is 0.500. The minimum absolute atomic E-state index is 0.298. The van der Waals surface area contributed by atoms with Crippen LogP contribution in [-0.4, -0.2) is 55.4 Å². The van der Waals surface area contributed by atoms with E-state index in [9.17, 15) is 13.2 Å². The Morgan fingerprint density at radius 3 is 2.45 bits per heavy atom. The molecule has 10 heteroatoms. The molecule has 0 aromatic heterocycles. The standard InChI is InChI=1S/C28H37N3O6S/c1-26(2,3)37-25(32)31(8)38(33,34)30-19-12-10-11-17(13-19)23-22-18(15-27(4,5)29-23)14-21(35-9)24-20(22)16-28(6,7)36-24/h10-14,30H,15-16H2,1-9H3. The summed E-state index contributed by atoms with van der Waals surface area (Å²) in [6.07, 6.45) is 0.442. The predicted octanol–water partition coefficient (Wildman–Crippen LogP) is 5.10. The van der Waals surface area contributed by atoms with E-state index in [2.05, 4.69) is 18.6 Å². The van der Waals surface area contributed by atoms with E-state index < -0.39 is 27.5 Å². The second-order valence-electron chi connectivity index (χ2n) is 12.0. The zero-order chi connectivity index (χ0) is 28.3.